The Labute approximate surface area is 122 Å². The van der Waals surface area contributed by atoms with Gasteiger partial charge in [0.2, 0.25) is 0 Å². The molecule has 1 saturated heterocycles. The molecule has 0 spiro atoms. The lowest BCUT2D eigenvalue weighted by atomic mass is 9.93. The van der Waals surface area contributed by atoms with Crippen LogP contribution in [-0.2, 0) is 9.84 Å². The molecule has 1 aromatic carbocycles. The molecule has 0 radical (unpaired) electrons. The molecule has 0 bridgehead atoms. The first-order valence-electron chi connectivity index (χ1n) is 7.49. The highest BCUT2D eigenvalue weighted by Gasteiger charge is 2.27. The summed E-state index contributed by atoms with van der Waals surface area (Å²) in [6.07, 6.45) is 5.99. The van der Waals surface area contributed by atoms with Crippen LogP contribution in [0.5, 0.6) is 0 Å². The monoisotopic (exact) mass is 295 g/mol. The number of benzene rings is 1. The maximum absolute atomic E-state index is 11.7. The molecule has 0 aliphatic carbocycles. The summed E-state index contributed by atoms with van der Waals surface area (Å²) in [4.78, 5) is 2.97. The third kappa shape index (κ3) is 3.41. The Morgan fingerprint density at radius 2 is 2.10 bits per heavy atom. The zero-order chi connectivity index (χ0) is 14.8. The van der Waals surface area contributed by atoms with E-state index < -0.39 is 9.84 Å². The van der Waals surface area contributed by atoms with Gasteiger partial charge in [0.05, 0.1) is 4.90 Å². The van der Waals surface area contributed by atoms with Crippen molar-refractivity contribution in [2.45, 2.75) is 56.5 Å². The van der Waals surface area contributed by atoms with E-state index in [4.69, 9.17) is 0 Å². The van der Waals surface area contributed by atoms with Crippen LogP contribution in [-0.4, -0.2) is 32.2 Å². The predicted octanol–water partition coefficient (Wildman–Crippen LogP) is 3.42. The van der Waals surface area contributed by atoms with Gasteiger partial charge in [-0.05, 0) is 50.4 Å². The number of sulfone groups is 1. The van der Waals surface area contributed by atoms with Gasteiger partial charge in [-0.3, -0.25) is 4.90 Å². The standard InChI is InChI=1S/C16H25NO2S/c1-4-13(2)17-11-6-5-10-16(17)14-8-7-9-15(12-14)20(3,18)19/h7-9,12-13,16H,4-6,10-11H2,1-3H3. The van der Waals surface area contributed by atoms with E-state index in [1.54, 1.807) is 6.07 Å². The molecule has 1 aromatic rings. The topological polar surface area (TPSA) is 37.4 Å². The Balaban J connectivity index is 2.33. The average molecular weight is 295 g/mol. The zero-order valence-corrected chi connectivity index (χ0v) is 13.5. The van der Waals surface area contributed by atoms with E-state index in [0.29, 0.717) is 17.0 Å². The minimum Gasteiger partial charge on any atom is -0.294 e. The Morgan fingerprint density at radius 1 is 1.35 bits per heavy atom. The normalized spacial score (nSPS) is 22.6. The lowest BCUT2D eigenvalue weighted by molar-refractivity contribution is 0.101. The molecule has 4 heteroatoms. The molecule has 2 rings (SSSR count). The second-order valence-corrected chi connectivity index (χ2v) is 7.87. The van der Waals surface area contributed by atoms with Crippen LogP contribution in [0.1, 0.15) is 51.1 Å². The van der Waals surface area contributed by atoms with Crippen molar-refractivity contribution in [2.75, 3.05) is 12.8 Å². The van der Waals surface area contributed by atoms with Crippen LogP contribution in [0.15, 0.2) is 29.2 Å². The summed E-state index contributed by atoms with van der Waals surface area (Å²) in [5.74, 6) is 0. The molecular weight excluding hydrogens is 270 g/mol. The van der Waals surface area contributed by atoms with Crippen molar-refractivity contribution in [1.82, 2.24) is 4.90 Å². The highest BCUT2D eigenvalue weighted by molar-refractivity contribution is 7.90. The van der Waals surface area contributed by atoms with Gasteiger partial charge in [-0.25, -0.2) is 8.42 Å². The van der Waals surface area contributed by atoms with E-state index in [9.17, 15) is 8.42 Å². The van der Waals surface area contributed by atoms with Crippen LogP contribution >= 0.6 is 0 Å². The first-order chi connectivity index (χ1) is 9.43. The number of piperidine rings is 1. The highest BCUT2D eigenvalue weighted by Crippen LogP contribution is 2.33. The van der Waals surface area contributed by atoms with Crippen LogP contribution < -0.4 is 0 Å². The quantitative estimate of drug-likeness (QED) is 0.854. The van der Waals surface area contributed by atoms with Crippen molar-refractivity contribution >= 4 is 9.84 Å². The van der Waals surface area contributed by atoms with Crippen LogP contribution in [0.25, 0.3) is 0 Å². The summed E-state index contributed by atoms with van der Waals surface area (Å²) in [5, 5.41) is 0. The van der Waals surface area contributed by atoms with Gasteiger partial charge in [-0.15, -0.1) is 0 Å². The molecule has 1 heterocycles. The molecule has 0 saturated carbocycles. The summed E-state index contributed by atoms with van der Waals surface area (Å²) in [6.45, 7) is 5.59. The van der Waals surface area contributed by atoms with Crippen molar-refractivity contribution < 1.29 is 8.42 Å². The molecule has 0 amide bonds. The molecular formula is C16H25NO2S. The number of nitrogens with zero attached hydrogens (tertiary/aromatic N) is 1. The molecule has 2 unspecified atom stereocenters. The van der Waals surface area contributed by atoms with Crippen LogP contribution in [0.2, 0.25) is 0 Å². The number of hydrogen-bond acceptors (Lipinski definition) is 3. The highest BCUT2D eigenvalue weighted by atomic mass is 32.2. The van der Waals surface area contributed by atoms with Gasteiger partial charge in [0.25, 0.3) is 0 Å². The van der Waals surface area contributed by atoms with Crippen molar-refractivity contribution in [1.29, 1.82) is 0 Å². The van der Waals surface area contributed by atoms with Gasteiger partial charge in [0, 0.05) is 18.3 Å². The molecule has 20 heavy (non-hydrogen) atoms. The summed E-state index contributed by atoms with van der Waals surface area (Å²) in [7, 11) is -3.13. The van der Waals surface area contributed by atoms with E-state index in [0.717, 1.165) is 24.9 Å². The predicted molar refractivity (Wildman–Crippen MR) is 82.6 cm³/mol. The average Bonchev–Trinajstić information content (AvgIpc) is 2.45. The van der Waals surface area contributed by atoms with E-state index in [2.05, 4.69) is 24.8 Å². The minimum atomic E-state index is -3.13. The molecule has 112 valence electrons. The molecule has 1 aliphatic heterocycles. The van der Waals surface area contributed by atoms with Gasteiger partial charge < -0.3 is 0 Å². The third-order valence-electron chi connectivity index (χ3n) is 4.37. The fraction of sp³-hybridized carbons (Fsp3) is 0.625. The fourth-order valence-corrected chi connectivity index (χ4v) is 3.70. The number of hydrogen-bond donors (Lipinski definition) is 0. The van der Waals surface area contributed by atoms with Crippen LogP contribution in [0.3, 0.4) is 0 Å². The van der Waals surface area contributed by atoms with Gasteiger partial charge in [0.1, 0.15) is 0 Å². The van der Waals surface area contributed by atoms with Gasteiger partial charge in [-0.1, -0.05) is 25.5 Å². The van der Waals surface area contributed by atoms with Crippen LogP contribution in [0, 0.1) is 0 Å². The first-order valence-corrected chi connectivity index (χ1v) is 9.38. The Kier molecular flexibility index (Phi) is 4.86. The summed E-state index contributed by atoms with van der Waals surface area (Å²) >= 11 is 0. The summed E-state index contributed by atoms with van der Waals surface area (Å²) < 4.78 is 23.5. The largest absolute Gasteiger partial charge is 0.294 e. The smallest absolute Gasteiger partial charge is 0.175 e. The summed E-state index contributed by atoms with van der Waals surface area (Å²) in [5.41, 5.74) is 1.15. The molecule has 3 nitrogen and oxygen atoms in total. The van der Waals surface area contributed by atoms with Crippen LogP contribution in [0.4, 0.5) is 0 Å². The Hall–Kier alpha value is -0.870. The van der Waals surface area contributed by atoms with E-state index >= 15 is 0 Å². The minimum absolute atomic E-state index is 0.361. The van der Waals surface area contributed by atoms with Crippen molar-refractivity contribution in [3.05, 3.63) is 29.8 Å². The zero-order valence-electron chi connectivity index (χ0n) is 12.7. The fourth-order valence-electron chi connectivity index (χ4n) is 3.03. The Bertz CT molecular complexity index is 553. The second kappa shape index (κ2) is 6.27. The summed E-state index contributed by atoms with van der Waals surface area (Å²) in [6, 6.07) is 8.40. The molecule has 2 atom stereocenters. The van der Waals surface area contributed by atoms with E-state index in [1.165, 1.54) is 19.1 Å². The number of rotatable bonds is 4. The molecule has 1 fully saturated rings. The molecule has 1 aliphatic rings. The lowest BCUT2D eigenvalue weighted by Gasteiger charge is -2.40. The second-order valence-electron chi connectivity index (χ2n) is 5.85. The Morgan fingerprint density at radius 3 is 2.75 bits per heavy atom. The first kappa shape index (κ1) is 15.5. The molecule has 0 N–H and O–H groups in total. The van der Waals surface area contributed by atoms with Crippen molar-refractivity contribution in [3.8, 4) is 0 Å². The SMILES string of the molecule is CCC(C)N1CCCCC1c1cccc(S(C)(=O)=O)c1. The maximum atomic E-state index is 11.7. The maximum Gasteiger partial charge on any atom is 0.175 e. The van der Waals surface area contributed by atoms with Gasteiger partial charge >= 0.3 is 0 Å². The van der Waals surface area contributed by atoms with Gasteiger partial charge in [-0.2, -0.15) is 0 Å². The van der Waals surface area contributed by atoms with E-state index in [1.807, 2.05) is 12.1 Å². The molecule has 0 aromatic heterocycles. The van der Waals surface area contributed by atoms with Crippen molar-refractivity contribution in [3.63, 3.8) is 0 Å². The number of likely N-dealkylation sites (tertiary alicyclic amines) is 1. The van der Waals surface area contributed by atoms with E-state index in [-0.39, 0.29) is 0 Å². The van der Waals surface area contributed by atoms with Gasteiger partial charge in [0.15, 0.2) is 9.84 Å². The third-order valence-corrected chi connectivity index (χ3v) is 5.48. The lowest BCUT2D eigenvalue weighted by Crippen LogP contribution is -2.39. The van der Waals surface area contributed by atoms with Crippen molar-refractivity contribution in [2.24, 2.45) is 0 Å².